The second kappa shape index (κ2) is 7.08. The van der Waals surface area contributed by atoms with Crippen LogP contribution in [-0.4, -0.2) is 35.5 Å². The number of benzene rings is 1. The molecule has 1 aromatic carbocycles. The highest BCUT2D eigenvalue weighted by Gasteiger charge is 2.32. The van der Waals surface area contributed by atoms with Crippen molar-refractivity contribution in [1.29, 1.82) is 0 Å². The molecule has 0 bridgehead atoms. The molecular formula is C23H18F2N6O. The third-order valence-electron chi connectivity index (χ3n) is 5.82. The molecule has 1 aliphatic rings. The first kappa shape index (κ1) is 18.9. The Labute approximate surface area is 181 Å². The molecule has 0 saturated heterocycles. The first-order valence-electron chi connectivity index (χ1n) is 10.3. The van der Waals surface area contributed by atoms with E-state index >= 15 is 0 Å². The highest BCUT2D eigenvalue weighted by atomic mass is 19.1. The molecule has 4 heterocycles. The van der Waals surface area contributed by atoms with Gasteiger partial charge < -0.3 is 8.98 Å². The summed E-state index contributed by atoms with van der Waals surface area (Å²) in [7, 11) is 1.89. The van der Waals surface area contributed by atoms with Crippen molar-refractivity contribution >= 4 is 11.1 Å². The van der Waals surface area contributed by atoms with E-state index in [0.29, 0.717) is 46.8 Å². The smallest absolute Gasteiger partial charge is 0.230 e. The number of hydrogen-bond donors (Lipinski definition) is 0. The zero-order valence-electron chi connectivity index (χ0n) is 17.1. The van der Waals surface area contributed by atoms with Crippen LogP contribution in [0.5, 0.6) is 0 Å². The van der Waals surface area contributed by atoms with E-state index in [4.69, 9.17) is 9.52 Å². The summed E-state index contributed by atoms with van der Waals surface area (Å²) < 4.78 is 36.6. The van der Waals surface area contributed by atoms with Crippen molar-refractivity contribution in [2.24, 2.45) is 7.05 Å². The summed E-state index contributed by atoms with van der Waals surface area (Å²) in [6.07, 6.45) is 6.93. The Morgan fingerprint density at radius 3 is 2.56 bits per heavy atom. The van der Waals surface area contributed by atoms with Gasteiger partial charge in [-0.2, -0.15) is 5.10 Å². The maximum absolute atomic E-state index is 13.5. The van der Waals surface area contributed by atoms with E-state index in [0.717, 1.165) is 11.1 Å². The molecule has 0 unspecified atom stereocenters. The van der Waals surface area contributed by atoms with Crippen LogP contribution >= 0.6 is 0 Å². The van der Waals surface area contributed by atoms with Gasteiger partial charge in [0.15, 0.2) is 5.76 Å². The second-order valence-electron chi connectivity index (χ2n) is 8.08. The lowest BCUT2D eigenvalue weighted by Crippen LogP contribution is -2.28. The molecule has 0 amide bonds. The summed E-state index contributed by atoms with van der Waals surface area (Å²) in [5.41, 5.74) is 3.90. The molecule has 0 radical (unpaired) electrons. The van der Waals surface area contributed by atoms with Crippen LogP contribution in [0.25, 0.3) is 45.1 Å². The van der Waals surface area contributed by atoms with Crippen molar-refractivity contribution in [2.45, 2.75) is 25.1 Å². The zero-order chi connectivity index (χ0) is 21.8. The number of furan rings is 1. The number of halogens is 2. The van der Waals surface area contributed by atoms with E-state index in [1.165, 1.54) is 18.5 Å². The molecule has 6 rings (SSSR count). The normalized spacial score (nSPS) is 18.2. The van der Waals surface area contributed by atoms with Crippen LogP contribution < -0.4 is 0 Å². The minimum absolute atomic E-state index is 0.0105. The Morgan fingerprint density at radius 1 is 1.03 bits per heavy atom. The summed E-state index contributed by atoms with van der Waals surface area (Å²) in [5.74, 6) is 0.255. The van der Waals surface area contributed by atoms with Crippen LogP contribution in [0.15, 0.2) is 59.8 Å². The van der Waals surface area contributed by atoms with Crippen molar-refractivity contribution in [3.63, 3.8) is 0 Å². The largest absolute Gasteiger partial charge is 0.436 e. The maximum Gasteiger partial charge on any atom is 0.230 e. The molecule has 0 aliphatic heterocycles. The Bertz CT molecular complexity index is 1430. The average Bonchev–Trinajstić information content (AvgIpc) is 3.49. The van der Waals surface area contributed by atoms with Gasteiger partial charge in [-0.15, -0.1) is 0 Å². The van der Waals surface area contributed by atoms with Gasteiger partial charge in [-0.25, -0.2) is 23.7 Å². The number of imidazole rings is 1. The summed E-state index contributed by atoms with van der Waals surface area (Å²) in [4.78, 5) is 13.1. The third kappa shape index (κ3) is 3.08. The Morgan fingerprint density at radius 2 is 1.84 bits per heavy atom. The summed E-state index contributed by atoms with van der Waals surface area (Å²) >= 11 is 0. The van der Waals surface area contributed by atoms with Gasteiger partial charge >= 0.3 is 0 Å². The fraction of sp³-hybridized carbons (Fsp3) is 0.217. The standard InChI is InChI=1S/C23H18F2N6O/c1-30-10-19(28-12-30)20-8-17-22(26-11-27-23(17)32-20)18-9-31(16-6-15(25)7-16)29-21(18)13-2-4-14(24)5-3-13/h2-5,8-12,15-16H,6-7H2,1H3. The molecular weight excluding hydrogens is 414 g/mol. The maximum atomic E-state index is 13.5. The van der Waals surface area contributed by atoms with Gasteiger partial charge in [-0.1, -0.05) is 0 Å². The average molecular weight is 432 g/mol. The number of aryl methyl sites for hydroxylation is 1. The fourth-order valence-electron chi connectivity index (χ4n) is 4.05. The summed E-state index contributed by atoms with van der Waals surface area (Å²) in [6.45, 7) is 0. The molecule has 1 saturated carbocycles. The molecule has 0 spiro atoms. The molecule has 1 fully saturated rings. The second-order valence-corrected chi connectivity index (χ2v) is 8.08. The molecule has 1 aliphatic carbocycles. The molecule has 0 N–H and O–H groups in total. The molecule has 0 atom stereocenters. The first-order chi connectivity index (χ1) is 15.5. The zero-order valence-corrected chi connectivity index (χ0v) is 17.1. The lowest BCUT2D eigenvalue weighted by atomic mass is 9.91. The number of fused-ring (bicyclic) bond motifs is 1. The molecule has 7 nitrogen and oxygen atoms in total. The van der Waals surface area contributed by atoms with Gasteiger partial charge in [0.25, 0.3) is 0 Å². The Balaban J connectivity index is 1.52. The van der Waals surface area contributed by atoms with Gasteiger partial charge in [-0.05, 0) is 30.3 Å². The molecule has 5 aromatic rings. The van der Waals surface area contributed by atoms with Gasteiger partial charge in [0, 0.05) is 43.4 Å². The monoisotopic (exact) mass is 432 g/mol. The van der Waals surface area contributed by atoms with E-state index in [-0.39, 0.29) is 11.9 Å². The Hall–Kier alpha value is -3.88. The van der Waals surface area contributed by atoms with Crippen molar-refractivity contribution < 1.29 is 13.2 Å². The van der Waals surface area contributed by atoms with Gasteiger partial charge in [0.2, 0.25) is 5.71 Å². The predicted octanol–water partition coefficient (Wildman–Crippen LogP) is 4.97. The SMILES string of the molecule is Cn1cnc(-c2cc3c(-c4cn(C5CC(F)C5)nc4-c4ccc(F)cc4)ncnc3o2)c1. The topological polar surface area (TPSA) is 74.6 Å². The number of nitrogens with zero attached hydrogens (tertiary/aromatic N) is 6. The summed E-state index contributed by atoms with van der Waals surface area (Å²) in [6, 6.07) is 8.00. The Kier molecular flexibility index (Phi) is 4.17. The highest BCUT2D eigenvalue weighted by molar-refractivity contribution is 5.95. The lowest BCUT2D eigenvalue weighted by molar-refractivity contribution is 0.128. The highest BCUT2D eigenvalue weighted by Crippen LogP contribution is 2.40. The minimum Gasteiger partial charge on any atom is -0.436 e. The van der Waals surface area contributed by atoms with Crippen molar-refractivity contribution in [3.05, 3.63) is 61.2 Å². The fourth-order valence-corrected chi connectivity index (χ4v) is 4.05. The van der Waals surface area contributed by atoms with E-state index in [2.05, 4.69) is 15.0 Å². The predicted molar refractivity (Wildman–Crippen MR) is 114 cm³/mol. The molecule has 160 valence electrons. The third-order valence-corrected chi connectivity index (χ3v) is 5.82. The number of aromatic nitrogens is 6. The van der Waals surface area contributed by atoms with Crippen molar-refractivity contribution in [3.8, 4) is 34.0 Å². The van der Waals surface area contributed by atoms with Crippen LogP contribution in [0.1, 0.15) is 18.9 Å². The number of hydrogen-bond acceptors (Lipinski definition) is 5. The molecule has 9 heteroatoms. The molecule has 4 aromatic heterocycles. The van der Waals surface area contributed by atoms with E-state index in [9.17, 15) is 8.78 Å². The van der Waals surface area contributed by atoms with E-state index in [1.807, 2.05) is 30.1 Å². The van der Waals surface area contributed by atoms with Gasteiger partial charge in [0.1, 0.15) is 29.7 Å². The van der Waals surface area contributed by atoms with Crippen LogP contribution in [-0.2, 0) is 7.05 Å². The van der Waals surface area contributed by atoms with Gasteiger partial charge in [0.05, 0.1) is 23.4 Å². The van der Waals surface area contributed by atoms with Crippen LogP contribution in [0.2, 0.25) is 0 Å². The van der Waals surface area contributed by atoms with E-state index in [1.54, 1.807) is 23.1 Å². The quantitative estimate of drug-likeness (QED) is 0.401. The van der Waals surface area contributed by atoms with Crippen LogP contribution in [0.4, 0.5) is 8.78 Å². The van der Waals surface area contributed by atoms with Crippen LogP contribution in [0.3, 0.4) is 0 Å². The van der Waals surface area contributed by atoms with Crippen molar-refractivity contribution in [1.82, 2.24) is 29.3 Å². The number of alkyl halides is 1. The summed E-state index contributed by atoms with van der Waals surface area (Å²) in [5, 5.41) is 5.45. The van der Waals surface area contributed by atoms with Crippen LogP contribution in [0, 0.1) is 5.82 Å². The first-order valence-corrected chi connectivity index (χ1v) is 10.3. The van der Waals surface area contributed by atoms with E-state index < -0.39 is 6.17 Å². The molecule has 32 heavy (non-hydrogen) atoms. The minimum atomic E-state index is -0.803. The number of rotatable bonds is 4. The van der Waals surface area contributed by atoms with Gasteiger partial charge in [-0.3, -0.25) is 4.68 Å². The lowest BCUT2D eigenvalue weighted by Gasteiger charge is -2.29. The van der Waals surface area contributed by atoms with Crippen molar-refractivity contribution in [2.75, 3.05) is 0 Å².